The summed E-state index contributed by atoms with van der Waals surface area (Å²) in [5.41, 5.74) is 8.57. The van der Waals surface area contributed by atoms with Crippen molar-refractivity contribution in [2.24, 2.45) is 17.6 Å². The van der Waals surface area contributed by atoms with Crippen LogP contribution in [0.3, 0.4) is 0 Å². The summed E-state index contributed by atoms with van der Waals surface area (Å²) >= 11 is 0. The van der Waals surface area contributed by atoms with Gasteiger partial charge in [0.2, 0.25) is 0 Å². The van der Waals surface area contributed by atoms with E-state index in [1.54, 1.807) is 0 Å². The molecule has 2 atom stereocenters. The van der Waals surface area contributed by atoms with Crippen LogP contribution >= 0.6 is 0 Å². The Morgan fingerprint density at radius 1 is 1.79 bits per heavy atom. The number of hydrogen-bond acceptors (Lipinski definition) is 2. The van der Waals surface area contributed by atoms with Crippen molar-refractivity contribution in [2.45, 2.75) is 26.2 Å². The Bertz CT molecular complexity index is 318. The van der Waals surface area contributed by atoms with Crippen LogP contribution in [0.15, 0.2) is 23.3 Å². The highest BCUT2D eigenvalue weighted by Crippen LogP contribution is 2.50. The minimum atomic E-state index is 0. The second-order valence-electron chi connectivity index (χ2n) is 4.45. The molecule has 0 bridgehead atoms. The van der Waals surface area contributed by atoms with Crippen LogP contribution in [0, 0.1) is 17.2 Å². The highest BCUT2D eigenvalue weighted by atomic mass is 14.5. The molecule has 2 unspecified atom stereocenters. The first-order valence-electron chi connectivity index (χ1n) is 5.38. The zero-order valence-corrected chi connectivity index (χ0v) is 8.72. The Kier molecular flexibility index (Phi) is 2.55. The fourth-order valence-electron chi connectivity index (χ4n) is 2.25. The van der Waals surface area contributed by atoms with Gasteiger partial charge >= 0.3 is 0 Å². The molecule has 2 rings (SSSR count). The van der Waals surface area contributed by atoms with E-state index in [-0.39, 0.29) is 1.43 Å². The summed E-state index contributed by atoms with van der Waals surface area (Å²) in [6, 6.07) is 0. The normalized spacial score (nSPS) is 30.7. The first kappa shape index (κ1) is 9.66. The van der Waals surface area contributed by atoms with Crippen LogP contribution in [0.4, 0.5) is 0 Å². The molecule has 1 fully saturated rings. The van der Waals surface area contributed by atoms with Gasteiger partial charge in [0.1, 0.15) is 0 Å². The summed E-state index contributed by atoms with van der Waals surface area (Å²) in [5.74, 6) is 1.60. The zero-order valence-electron chi connectivity index (χ0n) is 8.72. The molecule has 78 valence electrons. The van der Waals surface area contributed by atoms with Gasteiger partial charge < -0.3 is 11.1 Å². The van der Waals surface area contributed by atoms with Gasteiger partial charge in [0.05, 0.1) is 5.71 Å². The largest absolute Gasteiger partial charge is 0.327 e. The average molecular weight is 192 g/mol. The molecule has 0 spiro atoms. The van der Waals surface area contributed by atoms with Crippen molar-refractivity contribution in [3.05, 3.63) is 23.3 Å². The molecule has 0 aromatic carbocycles. The van der Waals surface area contributed by atoms with E-state index in [0.29, 0.717) is 18.2 Å². The Labute approximate surface area is 86.9 Å². The maximum Gasteiger partial charge on any atom is 0.0571 e. The van der Waals surface area contributed by atoms with Crippen LogP contribution in [0.25, 0.3) is 0 Å². The van der Waals surface area contributed by atoms with E-state index in [4.69, 9.17) is 11.1 Å². The molecule has 0 amide bonds. The Morgan fingerprint density at radius 3 is 3.29 bits per heavy atom. The van der Waals surface area contributed by atoms with E-state index in [0.717, 1.165) is 17.9 Å². The molecule has 2 heteroatoms. The Hall–Kier alpha value is -0.890. The second kappa shape index (κ2) is 3.70. The number of nitrogens with one attached hydrogen (secondary N) is 1. The number of hydrogen-bond donors (Lipinski definition) is 2. The van der Waals surface area contributed by atoms with Gasteiger partial charge in [-0.25, -0.2) is 0 Å². The van der Waals surface area contributed by atoms with Gasteiger partial charge in [0, 0.05) is 7.97 Å². The third kappa shape index (κ3) is 1.80. The molecule has 3 N–H and O–H groups in total. The number of allylic oxidation sites excluding steroid dienone is 3. The minimum absolute atomic E-state index is 0. The number of rotatable bonds is 3. The van der Waals surface area contributed by atoms with Gasteiger partial charge in [-0.3, -0.25) is 0 Å². The van der Waals surface area contributed by atoms with Crippen molar-refractivity contribution in [1.82, 2.24) is 0 Å². The van der Waals surface area contributed by atoms with Gasteiger partial charge in [-0.05, 0) is 49.7 Å². The van der Waals surface area contributed by atoms with Crippen molar-refractivity contribution in [2.75, 3.05) is 6.54 Å². The fraction of sp³-hybridized carbons (Fsp3) is 0.583. The minimum Gasteiger partial charge on any atom is -0.327 e. The zero-order chi connectivity index (χ0) is 10.1. The average Bonchev–Trinajstić information content (AvgIpc) is 2.95. The summed E-state index contributed by atoms with van der Waals surface area (Å²) in [6.07, 6.45) is 7.97. The van der Waals surface area contributed by atoms with Crippen molar-refractivity contribution in [3.8, 4) is 0 Å². The van der Waals surface area contributed by atoms with Gasteiger partial charge in [0.15, 0.2) is 0 Å². The Morgan fingerprint density at radius 2 is 2.57 bits per heavy atom. The predicted molar refractivity (Wildman–Crippen MR) is 61.6 cm³/mol. The van der Waals surface area contributed by atoms with Gasteiger partial charge in [-0.2, -0.15) is 0 Å². The van der Waals surface area contributed by atoms with Crippen molar-refractivity contribution < 1.29 is 1.43 Å². The second-order valence-corrected chi connectivity index (χ2v) is 4.45. The van der Waals surface area contributed by atoms with Crippen LogP contribution in [-0.2, 0) is 0 Å². The first-order valence-corrected chi connectivity index (χ1v) is 5.38. The van der Waals surface area contributed by atoms with Crippen LogP contribution < -0.4 is 5.73 Å². The highest BCUT2D eigenvalue weighted by molar-refractivity contribution is 6.07. The molecule has 1 saturated carbocycles. The van der Waals surface area contributed by atoms with Gasteiger partial charge in [-0.1, -0.05) is 11.6 Å². The summed E-state index contributed by atoms with van der Waals surface area (Å²) in [7, 11) is 0. The molecule has 0 radical (unpaired) electrons. The molecule has 0 heterocycles. The van der Waals surface area contributed by atoms with Crippen LogP contribution in [0.1, 0.15) is 27.6 Å². The van der Waals surface area contributed by atoms with E-state index in [1.807, 2.05) is 13.0 Å². The SMILES string of the molecule is C/C(=C\C(=N)C1=CCCC2CC12)CN.[HH]. The van der Waals surface area contributed by atoms with Gasteiger partial charge in [-0.15, -0.1) is 0 Å². The lowest BCUT2D eigenvalue weighted by Gasteiger charge is -2.11. The predicted octanol–water partition coefficient (Wildman–Crippen LogP) is 2.51. The lowest BCUT2D eigenvalue weighted by Crippen LogP contribution is -2.08. The maximum atomic E-state index is 7.97. The molecule has 0 aliphatic heterocycles. The van der Waals surface area contributed by atoms with E-state index >= 15 is 0 Å². The molecule has 0 aromatic rings. The van der Waals surface area contributed by atoms with E-state index in [2.05, 4.69) is 6.08 Å². The van der Waals surface area contributed by atoms with Crippen molar-refractivity contribution in [3.63, 3.8) is 0 Å². The van der Waals surface area contributed by atoms with Crippen LogP contribution in [0.5, 0.6) is 0 Å². The molecule has 0 saturated heterocycles. The van der Waals surface area contributed by atoms with E-state index in [9.17, 15) is 0 Å². The molecule has 2 aliphatic rings. The topological polar surface area (TPSA) is 49.9 Å². The summed E-state index contributed by atoms with van der Waals surface area (Å²) in [4.78, 5) is 0. The molecule has 14 heavy (non-hydrogen) atoms. The van der Waals surface area contributed by atoms with Crippen molar-refractivity contribution in [1.29, 1.82) is 5.41 Å². The number of fused-ring (bicyclic) bond motifs is 1. The summed E-state index contributed by atoms with van der Waals surface area (Å²) in [6.45, 7) is 2.55. The quantitative estimate of drug-likeness (QED) is 0.663. The first-order chi connectivity index (χ1) is 6.72. The van der Waals surface area contributed by atoms with Gasteiger partial charge in [0.25, 0.3) is 0 Å². The summed E-state index contributed by atoms with van der Waals surface area (Å²) in [5, 5.41) is 7.97. The standard InChI is InChI=1S/C12H18N2.H2/c1-8(7-13)5-12(14)10-4-2-3-9-6-11(9)10;/h4-5,9,11,14H,2-3,6-7,13H2,1H3;1H/b8-5+,14-12?;. The molecule has 0 aromatic heterocycles. The monoisotopic (exact) mass is 192 g/mol. The molecular formula is C12H20N2. The maximum absolute atomic E-state index is 7.97. The van der Waals surface area contributed by atoms with Crippen molar-refractivity contribution >= 4 is 5.71 Å². The van der Waals surface area contributed by atoms with Crippen LogP contribution in [0.2, 0.25) is 0 Å². The lowest BCUT2D eigenvalue weighted by molar-refractivity contribution is 0.672. The fourth-order valence-corrected chi connectivity index (χ4v) is 2.25. The lowest BCUT2D eigenvalue weighted by atomic mass is 9.95. The highest BCUT2D eigenvalue weighted by Gasteiger charge is 2.41. The Balaban J connectivity index is 0.00000112. The van der Waals surface area contributed by atoms with Crippen LogP contribution in [-0.4, -0.2) is 12.3 Å². The molecule has 2 nitrogen and oxygen atoms in total. The van der Waals surface area contributed by atoms with E-state index in [1.165, 1.54) is 18.4 Å². The third-order valence-electron chi connectivity index (χ3n) is 3.25. The number of nitrogens with two attached hydrogens (primary N) is 1. The smallest absolute Gasteiger partial charge is 0.0571 e. The van der Waals surface area contributed by atoms with E-state index < -0.39 is 0 Å². The molecule has 2 aliphatic carbocycles. The summed E-state index contributed by atoms with van der Waals surface area (Å²) < 4.78 is 0. The third-order valence-corrected chi connectivity index (χ3v) is 3.25. The molecular weight excluding hydrogens is 172 g/mol.